The van der Waals surface area contributed by atoms with Crippen LogP contribution in [0, 0.1) is 6.07 Å². The van der Waals surface area contributed by atoms with Crippen molar-refractivity contribution in [1.29, 1.82) is 0 Å². The molecule has 0 fully saturated rings. The van der Waals surface area contributed by atoms with Crippen LogP contribution in [0.2, 0.25) is 0 Å². The van der Waals surface area contributed by atoms with E-state index in [0.717, 1.165) is 0 Å². The SMILES string of the molecule is [c]1ccc(-c2ccccc2)c2sc3ccccc3c12. The molecule has 0 N–H and O–H groups in total. The first-order valence-electron chi connectivity index (χ1n) is 6.31. The minimum absolute atomic E-state index is 1.24. The minimum Gasteiger partial charge on any atom is -0.135 e. The Hall–Kier alpha value is -2.12. The third-order valence-corrected chi connectivity index (χ3v) is 4.61. The lowest BCUT2D eigenvalue weighted by Gasteiger charge is -2.02. The van der Waals surface area contributed by atoms with Gasteiger partial charge in [0.15, 0.2) is 0 Å². The van der Waals surface area contributed by atoms with Crippen LogP contribution in [-0.4, -0.2) is 0 Å². The molecule has 0 bridgehead atoms. The summed E-state index contributed by atoms with van der Waals surface area (Å²) in [6.45, 7) is 0. The third-order valence-electron chi connectivity index (χ3n) is 3.40. The summed E-state index contributed by atoms with van der Waals surface area (Å²) in [5.41, 5.74) is 2.57. The lowest BCUT2D eigenvalue weighted by molar-refractivity contribution is 1.67. The van der Waals surface area contributed by atoms with Gasteiger partial charge in [0.2, 0.25) is 0 Å². The van der Waals surface area contributed by atoms with Crippen molar-refractivity contribution >= 4 is 31.5 Å². The predicted molar refractivity (Wildman–Crippen MR) is 83.6 cm³/mol. The van der Waals surface area contributed by atoms with Crippen molar-refractivity contribution in [2.75, 3.05) is 0 Å². The molecule has 0 saturated heterocycles. The zero-order valence-corrected chi connectivity index (χ0v) is 11.1. The first kappa shape index (κ1) is 10.8. The van der Waals surface area contributed by atoms with E-state index in [0.29, 0.717) is 0 Å². The van der Waals surface area contributed by atoms with Crippen LogP contribution in [-0.2, 0) is 0 Å². The van der Waals surface area contributed by atoms with E-state index in [1.807, 2.05) is 17.4 Å². The summed E-state index contributed by atoms with van der Waals surface area (Å²) in [7, 11) is 0. The molecule has 0 unspecified atom stereocenters. The number of thiophene rings is 1. The van der Waals surface area contributed by atoms with Crippen LogP contribution >= 0.6 is 11.3 Å². The molecule has 1 aromatic heterocycles. The van der Waals surface area contributed by atoms with Gasteiger partial charge in [0.05, 0.1) is 0 Å². The monoisotopic (exact) mass is 259 g/mol. The highest BCUT2D eigenvalue weighted by Gasteiger charge is 2.09. The van der Waals surface area contributed by atoms with Crippen molar-refractivity contribution in [2.24, 2.45) is 0 Å². The van der Waals surface area contributed by atoms with E-state index in [1.165, 1.54) is 31.3 Å². The van der Waals surface area contributed by atoms with Crippen molar-refractivity contribution in [3.05, 3.63) is 72.8 Å². The second-order valence-corrected chi connectivity index (χ2v) is 5.61. The van der Waals surface area contributed by atoms with E-state index in [1.54, 1.807) is 0 Å². The Morgan fingerprint density at radius 2 is 1.58 bits per heavy atom. The second-order valence-electron chi connectivity index (χ2n) is 4.56. The average Bonchev–Trinajstić information content (AvgIpc) is 2.87. The molecule has 19 heavy (non-hydrogen) atoms. The molecule has 89 valence electrons. The molecular formula is C18H11S. The van der Waals surface area contributed by atoms with Gasteiger partial charge in [0.25, 0.3) is 0 Å². The van der Waals surface area contributed by atoms with Crippen molar-refractivity contribution < 1.29 is 0 Å². The van der Waals surface area contributed by atoms with Crippen LogP contribution in [0.4, 0.5) is 0 Å². The van der Waals surface area contributed by atoms with Crippen molar-refractivity contribution in [1.82, 2.24) is 0 Å². The Balaban J connectivity index is 2.13. The van der Waals surface area contributed by atoms with Crippen molar-refractivity contribution in [3.63, 3.8) is 0 Å². The maximum atomic E-state index is 3.39. The summed E-state index contributed by atoms with van der Waals surface area (Å²) in [5.74, 6) is 0. The van der Waals surface area contributed by atoms with Gasteiger partial charge in [0.1, 0.15) is 0 Å². The Labute approximate surface area is 115 Å². The zero-order valence-electron chi connectivity index (χ0n) is 10.3. The normalized spacial score (nSPS) is 11.2. The Morgan fingerprint density at radius 3 is 2.47 bits per heavy atom. The van der Waals surface area contributed by atoms with Gasteiger partial charge in [-0.25, -0.2) is 0 Å². The second kappa shape index (κ2) is 4.22. The third kappa shape index (κ3) is 1.66. The van der Waals surface area contributed by atoms with Gasteiger partial charge in [-0.15, -0.1) is 11.3 Å². The molecule has 4 rings (SSSR count). The molecule has 3 aromatic carbocycles. The number of benzene rings is 3. The molecule has 0 atom stereocenters. The summed E-state index contributed by atoms with van der Waals surface area (Å²) in [4.78, 5) is 0. The zero-order chi connectivity index (χ0) is 12.7. The van der Waals surface area contributed by atoms with E-state index >= 15 is 0 Å². The molecule has 0 amide bonds. The van der Waals surface area contributed by atoms with Crippen LogP contribution in [0.5, 0.6) is 0 Å². The molecule has 0 aliphatic carbocycles. The largest absolute Gasteiger partial charge is 0.135 e. The van der Waals surface area contributed by atoms with E-state index in [2.05, 4.69) is 66.7 Å². The number of hydrogen-bond donors (Lipinski definition) is 0. The van der Waals surface area contributed by atoms with E-state index in [9.17, 15) is 0 Å². The highest BCUT2D eigenvalue weighted by atomic mass is 32.1. The van der Waals surface area contributed by atoms with Crippen LogP contribution in [0.1, 0.15) is 0 Å². The maximum absolute atomic E-state index is 3.39. The summed E-state index contributed by atoms with van der Waals surface area (Å²) in [5, 5.41) is 2.54. The van der Waals surface area contributed by atoms with Gasteiger partial charge in [-0.1, -0.05) is 60.7 Å². The quantitative estimate of drug-likeness (QED) is 0.422. The maximum Gasteiger partial charge on any atom is 0.0440 e. The Bertz CT molecular complexity index is 857. The van der Waals surface area contributed by atoms with Gasteiger partial charge in [-0.2, -0.15) is 0 Å². The van der Waals surface area contributed by atoms with Crippen LogP contribution < -0.4 is 0 Å². The van der Waals surface area contributed by atoms with Crippen LogP contribution in [0.15, 0.2) is 66.7 Å². The van der Waals surface area contributed by atoms with E-state index < -0.39 is 0 Å². The number of fused-ring (bicyclic) bond motifs is 3. The first-order valence-corrected chi connectivity index (χ1v) is 7.12. The van der Waals surface area contributed by atoms with E-state index in [-0.39, 0.29) is 0 Å². The highest BCUT2D eigenvalue weighted by molar-refractivity contribution is 7.26. The lowest BCUT2D eigenvalue weighted by Crippen LogP contribution is -1.76. The molecule has 0 nitrogen and oxygen atoms in total. The molecule has 0 aliphatic heterocycles. The summed E-state index contributed by atoms with van der Waals surface area (Å²) in [6.07, 6.45) is 0. The molecule has 0 spiro atoms. The van der Waals surface area contributed by atoms with Gasteiger partial charge >= 0.3 is 0 Å². The molecule has 1 heterocycles. The van der Waals surface area contributed by atoms with E-state index in [4.69, 9.17) is 0 Å². The fourth-order valence-electron chi connectivity index (χ4n) is 2.51. The molecule has 0 saturated carbocycles. The molecular weight excluding hydrogens is 248 g/mol. The number of rotatable bonds is 1. The van der Waals surface area contributed by atoms with Crippen LogP contribution in [0.3, 0.4) is 0 Å². The smallest absolute Gasteiger partial charge is 0.0440 e. The predicted octanol–water partition coefficient (Wildman–Crippen LogP) is 5.52. The summed E-state index contributed by atoms with van der Waals surface area (Å²) < 4.78 is 2.66. The van der Waals surface area contributed by atoms with Gasteiger partial charge in [-0.05, 0) is 23.3 Å². The van der Waals surface area contributed by atoms with Crippen LogP contribution in [0.25, 0.3) is 31.3 Å². The lowest BCUT2D eigenvalue weighted by atomic mass is 10.0. The number of hydrogen-bond acceptors (Lipinski definition) is 1. The standard InChI is InChI=1S/C18H11S/c1-2-7-13(8-3-1)14-10-6-11-16-15-9-4-5-12-17(15)19-18(14)16/h1-10,12H. The average molecular weight is 259 g/mol. The summed E-state index contributed by atoms with van der Waals surface area (Å²) >= 11 is 1.85. The molecule has 1 heteroatoms. The van der Waals surface area contributed by atoms with Gasteiger partial charge in [-0.3, -0.25) is 0 Å². The fraction of sp³-hybridized carbons (Fsp3) is 0. The van der Waals surface area contributed by atoms with Crippen molar-refractivity contribution in [3.8, 4) is 11.1 Å². The summed E-state index contributed by atoms with van der Waals surface area (Å²) in [6, 6.07) is 26.7. The Morgan fingerprint density at radius 1 is 0.789 bits per heavy atom. The molecule has 0 aliphatic rings. The van der Waals surface area contributed by atoms with Gasteiger partial charge < -0.3 is 0 Å². The highest BCUT2D eigenvalue weighted by Crippen LogP contribution is 2.39. The van der Waals surface area contributed by atoms with Gasteiger partial charge in [0, 0.05) is 20.2 Å². The minimum atomic E-state index is 1.24. The fourth-order valence-corrected chi connectivity index (χ4v) is 3.72. The van der Waals surface area contributed by atoms with Crippen molar-refractivity contribution in [2.45, 2.75) is 0 Å². The molecule has 1 radical (unpaired) electrons. The molecule has 4 aromatic rings. The first-order chi connectivity index (χ1) is 9.43. The topological polar surface area (TPSA) is 0 Å². The Kier molecular flexibility index (Phi) is 2.39.